The van der Waals surface area contributed by atoms with E-state index in [1.807, 2.05) is 24.3 Å². The number of halogens is 1. The average Bonchev–Trinajstić information content (AvgIpc) is 2.39. The van der Waals surface area contributed by atoms with Gasteiger partial charge in [-0.15, -0.1) is 0 Å². The lowest BCUT2D eigenvalue weighted by Crippen LogP contribution is -2.44. The number of aliphatic imine (C=N–C) groups is 1. The van der Waals surface area contributed by atoms with Gasteiger partial charge >= 0.3 is 6.09 Å². The highest BCUT2D eigenvalue weighted by molar-refractivity contribution is 9.10. The highest BCUT2D eigenvalue weighted by atomic mass is 79.9. The van der Waals surface area contributed by atoms with Gasteiger partial charge in [-0.1, -0.05) is 28.1 Å². The van der Waals surface area contributed by atoms with Gasteiger partial charge in [0.2, 0.25) is 5.96 Å². The zero-order valence-electron chi connectivity index (χ0n) is 9.94. The van der Waals surface area contributed by atoms with Crippen molar-refractivity contribution >= 4 is 28.0 Å². The number of hydrogen-bond donors (Lipinski definition) is 2. The number of ether oxygens (including phenoxy) is 1. The molecule has 5 nitrogen and oxygen atoms in total. The van der Waals surface area contributed by atoms with Crippen molar-refractivity contribution in [3.05, 3.63) is 34.3 Å². The first kappa shape index (κ1) is 12.9. The molecule has 0 saturated heterocycles. The van der Waals surface area contributed by atoms with E-state index >= 15 is 0 Å². The molecule has 1 amide bonds. The van der Waals surface area contributed by atoms with Crippen LogP contribution < -0.4 is 10.6 Å². The molecule has 2 rings (SSSR count). The van der Waals surface area contributed by atoms with Gasteiger partial charge in [0.25, 0.3) is 0 Å². The summed E-state index contributed by atoms with van der Waals surface area (Å²) in [6.07, 6.45) is 0.374. The molecule has 0 radical (unpaired) electrons. The maximum atomic E-state index is 11.1. The number of methoxy groups -OCH3 is 1. The van der Waals surface area contributed by atoms with E-state index in [-0.39, 0.29) is 6.04 Å². The van der Waals surface area contributed by atoms with E-state index in [2.05, 4.69) is 36.3 Å². The van der Waals surface area contributed by atoms with Crippen LogP contribution in [0.1, 0.15) is 18.0 Å². The largest absolute Gasteiger partial charge is 0.453 e. The Morgan fingerprint density at radius 2 is 2.44 bits per heavy atom. The number of hydrogen-bond acceptors (Lipinski definition) is 4. The molecule has 0 bridgehead atoms. The maximum Gasteiger partial charge on any atom is 0.413 e. The summed E-state index contributed by atoms with van der Waals surface area (Å²) in [7, 11) is 1.32. The third-order valence-corrected chi connectivity index (χ3v) is 3.13. The van der Waals surface area contributed by atoms with E-state index in [0.717, 1.165) is 23.0 Å². The predicted molar refractivity (Wildman–Crippen MR) is 72.5 cm³/mol. The minimum atomic E-state index is -0.517. The number of rotatable bonds is 1. The number of carbonyl (C=O) groups is 1. The van der Waals surface area contributed by atoms with Crippen molar-refractivity contribution in [1.29, 1.82) is 0 Å². The van der Waals surface area contributed by atoms with Crippen LogP contribution in [0.5, 0.6) is 0 Å². The summed E-state index contributed by atoms with van der Waals surface area (Å²) in [6, 6.07) is 8.07. The molecule has 1 atom stereocenters. The smallest absolute Gasteiger partial charge is 0.413 e. The minimum absolute atomic E-state index is 0.0518. The predicted octanol–water partition coefficient (Wildman–Crippen LogP) is 2.20. The molecule has 1 unspecified atom stereocenters. The first-order valence-electron chi connectivity index (χ1n) is 5.61. The van der Waals surface area contributed by atoms with Crippen molar-refractivity contribution in [1.82, 2.24) is 10.6 Å². The van der Waals surface area contributed by atoms with E-state index < -0.39 is 6.09 Å². The van der Waals surface area contributed by atoms with Crippen molar-refractivity contribution in [3.8, 4) is 0 Å². The summed E-state index contributed by atoms with van der Waals surface area (Å²) >= 11 is 3.44. The van der Waals surface area contributed by atoms with Gasteiger partial charge in [0.15, 0.2) is 0 Å². The van der Waals surface area contributed by atoms with Crippen LogP contribution in [0.4, 0.5) is 4.79 Å². The molecule has 18 heavy (non-hydrogen) atoms. The molecule has 0 aliphatic carbocycles. The molecular formula is C12H14BrN3O2. The lowest BCUT2D eigenvalue weighted by molar-refractivity contribution is 0.176. The second-order valence-electron chi connectivity index (χ2n) is 3.88. The maximum absolute atomic E-state index is 11.1. The fourth-order valence-corrected chi connectivity index (χ4v) is 2.19. The Balaban J connectivity index is 2.14. The molecule has 1 heterocycles. The molecule has 96 valence electrons. The normalized spacial score (nSPS) is 18.6. The molecule has 0 fully saturated rings. The first-order valence-corrected chi connectivity index (χ1v) is 6.40. The van der Waals surface area contributed by atoms with Crippen molar-refractivity contribution in [2.45, 2.75) is 12.5 Å². The van der Waals surface area contributed by atoms with Crippen LogP contribution in [0.15, 0.2) is 33.7 Å². The fraction of sp³-hybridized carbons (Fsp3) is 0.333. The average molecular weight is 312 g/mol. The summed E-state index contributed by atoms with van der Waals surface area (Å²) in [6.45, 7) is 0.764. The number of guanidine groups is 1. The number of carbonyl (C=O) groups excluding carboxylic acids is 1. The topological polar surface area (TPSA) is 62.7 Å². The second-order valence-corrected chi connectivity index (χ2v) is 4.80. The van der Waals surface area contributed by atoms with Gasteiger partial charge < -0.3 is 10.1 Å². The van der Waals surface area contributed by atoms with Crippen molar-refractivity contribution in [2.24, 2.45) is 4.99 Å². The van der Waals surface area contributed by atoms with Gasteiger partial charge in [0.05, 0.1) is 13.2 Å². The zero-order valence-corrected chi connectivity index (χ0v) is 11.5. The lowest BCUT2D eigenvalue weighted by Gasteiger charge is -2.22. The first-order chi connectivity index (χ1) is 8.69. The summed E-state index contributed by atoms with van der Waals surface area (Å²) in [4.78, 5) is 15.6. The molecule has 1 aromatic rings. The van der Waals surface area contributed by atoms with Crippen LogP contribution in [-0.2, 0) is 4.74 Å². The number of amides is 1. The van der Waals surface area contributed by atoms with Crippen LogP contribution in [0.2, 0.25) is 0 Å². The van der Waals surface area contributed by atoms with Crippen LogP contribution in [0.3, 0.4) is 0 Å². The highest BCUT2D eigenvalue weighted by Gasteiger charge is 2.17. The van der Waals surface area contributed by atoms with Crippen LogP contribution in [-0.4, -0.2) is 25.7 Å². The third kappa shape index (κ3) is 3.22. The Morgan fingerprint density at radius 3 is 3.17 bits per heavy atom. The summed E-state index contributed by atoms with van der Waals surface area (Å²) in [5.41, 5.74) is 1.12. The lowest BCUT2D eigenvalue weighted by atomic mass is 10.0. The number of nitrogens with one attached hydrogen (secondary N) is 2. The number of nitrogens with zero attached hydrogens (tertiary/aromatic N) is 1. The van der Waals surface area contributed by atoms with Gasteiger partial charge in [-0.3, -0.25) is 5.32 Å². The van der Waals surface area contributed by atoms with Gasteiger partial charge in [0.1, 0.15) is 0 Å². The number of benzene rings is 1. The van der Waals surface area contributed by atoms with Crippen molar-refractivity contribution < 1.29 is 9.53 Å². The van der Waals surface area contributed by atoms with E-state index in [4.69, 9.17) is 0 Å². The van der Waals surface area contributed by atoms with Gasteiger partial charge in [-0.2, -0.15) is 0 Å². The summed E-state index contributed by atoms with van der Waals surface area (Å²) in [5, 5.41) is 5.57. The van der Waals surface area contributed by atoms with Crippen molar-refractivity contribution in [3.63, 3.8) is 0 Å². The van der Waals surface area contributed by atoms with E-state index in [1.54, 1.807) is 0 Å². The Bertz CT molecular complexity index is 476. The molecule has 0 spiro atoms. The molecular weight excluding hydrogens is 298 g/mol. The van der Waals surface area contributed by atoms with Gasteiger partial charge in [0, 0.05) is 11.0 Å². The van der Waals surface area contributed by atoms with E-state index in [0.29, 0.717) is 5.96 Å². The molecule has 2 N–H and O–H groups in total. The fourth-order valence-electron chi connectivity index (χ4n) is 1.77. The monoisotopic (exact) mass is 311 g/mol. The molecule has 0 aromatic heterocycles. The van der Waals surface area contributed by atoms with Crippen molar-refractivity contribution in [2.75, 3.05) is 13.7 Å². The Kier molecular flexibility index (Phi) is 4.19. The second kappa shape index (κ2) is 5.86. The van der Waals surface area contributed by atoms with Crippen LogP contribution in [0, 0.1) is 0 Å². The summed E-state index contributed by atoms with van der Waals surface area (Å²) in [5.74, 6) is 0.457. The third-order valence-electron chi connectivity index (χ3n) is 2.63. The van der Waals surface area contributed by atoms with E-state index in [1.165, 1.54) is 7.11 Å². The standard InChI is InChI=1S/C12H14BrN3O2/c1-18-12(17)16-11-14-6-5-10(15-11)8-3-2-4-9(13)7-8/h2-4,7,10H,5-6H2,1H3,(H2,14,15,16,17). The molecule has 1 aliphatic rings. The zero-order chi connectivity index (χ0) is 13.0. The Hall–Kier alpha value is -1.56. The molecule has 0 saturated carbocycles. The van der Waals surface area contributed by atoms with Crippen LogP contribution >= 0.6 is 15.9 Å². The Morgan fingerprint density at radius 1 is 1.61 bits per heavy atom. The minimum Gasteiger partial charge on any atom is -0.453 e. The molecule has 6 heteroatoms. The van der Waals surface area contributed by atoms with Gasteiger partial charge in [-0.05, 0) is 24.1 Å². The summed E-state index contributed by atoms with van der Waals surface area (Å²) < 4.78 is 5.56. The van der Waals surface area contributed by atoms with Gasteiger partial charge in [-0.25, -0.2) is 9.79 Å². The molecule has 1 aliphatic heterocycles. The van der Waals surface area contributed by atoms with E-state index in [9.17, 15) is 4.79 Å². The number of alkyl carbamates (subject to hydrolysis) is 1. The molecule has 1 aromatic carbocycles. The SMILES string of the molecule is COC(=O)NC1=NC(c2cccc(Br)c2)CCN1. The van der Waals surface area contributed by atoms with Crippen LogP contribution in [0.25, 0.3) is 0 Å². The quantitative estimate of drug-likeness (QED) is 0.835. The highest BCUT2D eigenvalue weighted by Crippen LogP contribution is 2.25. The Labute approximate surface area is 114 Å².